The van der Waals surface area contributed by atoms with E-state index in [-0.39, 0.29) is 18.4 Å². The van der Waals surface area contributed by atoms with Gasteiger partial charge in [0.05, 0.1) is 0 Å². The zero-order valence-electron chi connectivity index (χ0n) is 17.2. The van der Waals surface area contributed by atoms with Crippen molar-refractivity contribution in [2.45, 2.75) is 46.7 Å². The Bertz CT molecular complexity index is 790. The topological polar surface area (TPSA) is 58.6 Å². The number of nitrogens with zero attached hydrogens (tertiary/aromatic N) is 1. The van der Waals surface area contributed by atoms with Crippen LogP contribution in [0.5, 0.6) is 5.75 Å². The van der Waals surface area contributed by atoms with E-state index in [1.54, 1.807) is 4.90 Å². The third-order valence-electron chi connectivity index (χ3n) is 4.84. The summed E-state index contributed by atoms with van der Waals surface area (Å²) in [5.74, 6) is 0.350. The molecule has 0 heterocycles. The SMILES string of the molecule is CCNC(=O)[C@H](CC)N(Cc1ccccc1)C(=O)COc1cccc(C)c1C. The van der Waals surface area contributed by atoms with Gasteiger partial charge in [0.25, 0.3) is 5.91 Å². The summed E-state index contributed by atoms with van der Waals surface area (Å²) in [6.07, 6.45) is 0.536. The van der Waals surface area contributed by atoms with Gasteiger partial charge in [0.15, 0.2) is 6.61 Å². The molecule has 150 valence electrons. The number of nitrogens with one attached hydrogen (secondary N) is 1. The van der Waals surface area contributed by atoms with Gasteiger partial charge in [-0.15, -0.1) is 0 Å². The molecule has 5 nitrogen and oxygen atoms in total. The Morgan fingerprint density at radius 1 is 1.04 bits per heavy atom. The molecule has 0 aliphatic carbocycles. The Kier molecular flexibility index (Phi) is 8.05. The lowest BCUT2D eigenvalue weighted by atomic mass is 10.1. The molecule has 0 spiro atoms. The van der Waals surface area contributed by atoms with Crippen LogP contribution in [0.1, 0.15) is 37.0 Å². The van der Waals surface area contributed by atoms with Gasteiger partial charge in [-0.3, -0.25) is 9.59 Å². The second-order valence-electron chi connectivity index (χ2n) is 6.81. The van der Waals surface area contributed by atoms with Crippen LogP contribution < -0.4 is 10.1 Å². The summed E-state index contributed by atoms with van der Waals surface area (Å²) >= 11 is 0. The van der Waals surface area contributed by atoms with Crippen LogP contribution >= 0.6 is 0 Å². The van der Waals surface area contributed by atoms with Crippen LogP contribution in [0.3, 0.4) is 0 Å². The van der Waals surface area contributed by atoms with Crippen molar-refractivity contribution in [3.8, 4) is 5.75 Å². The zero-order chi connectivity index (χ0) is 20.5. The highest BCUT2D eigenvalue weighted by molar-refractivity contribution is 5.88. The first-order valence-electron chi connectivity index (χ1n) is 9.78. The van der Waals surface area contributed by atoms with Crippen molar-refractivity contribution >= 4 is 11.8 Å². The van der Waals surface area contributed by atoms with Crippen molar-refractivity contribution in [2.75, 3.05) is 13.2 Å². The third-order valence-corrected chi connectivity index (χ3v) is 4.84. The van der Waals surface area contributed by atoms with Gasteiger partial charge in [-0.05, 0) is 49.9 Å². The van der Waals surface area contributed by atoms with Gasteiger partial charge in [0.1, 0.15) is 11.8 Å². The van der Waals surface area contributed by atoms with E-state index in [0.717, 1.165) is 16.7 Å². The number of carbonyl (C=O) groups excluding carboxylic acids is 2. The van der Waals surface area contributed by atoms with Crippen LogP contribution in [0.4, 0.5) is 0 Å². The summed E-state index contributed by atoms with van der Waals surface area (Å²) in [7, 11) is 0. The Morgan fingerprint density at radius 2 is 1.75 bits per heavy atom. The van der Waals surface area contributed by atoms with Crippen molar-refractivity contribution in [3.05, 3.63) is 65.2 Å². The van der Waals surface area contributed by atoms with Crippen LogP contribution in [0.15, 0.2) is 48.5 Å². The first kappa shape index (κ1) is 21.5. The smallest absolute Gasteiger partial charge is 0.261 e. The van der Waals surface area contributed by atoms with Crippen LogP contribution in [0.25, 0.3) is 0 Å². The number of amides is 2. The van der Waals surface area contributed by atoms with Crippen molar-refractivity contribution in [2.24, 2.45) is 0 Å². The molecule has 0 aliphatic rings. The summed E-state index contributed by atoms with van der Waals surface area (Å²) in [5, 5.41) is 2.83. The van der Waals surface area contributed by atoms with Gasteiger partial charge in [-0.1, -0.05) is 49.4 Å². The lowest BCUT2D eigenvalue weighted by Gasteiger charge is -2.30. The summed E-state index contributed by atoms with van der Waals surface area (Å²) in [5.41, 5.74) is 3.10. The minimum Gasteiger partial charge on any atom is -0.483 e. The van der Waals surface area contributed by atoms with E-state index in [0.29, 0.717) is 25.3 Å². The Balaban J connectivity index is 2.19. The fourth-order valence-corrected chi connectivity index (χ4v) is 3.09. The molecule has 0 saturated heterocycles. The molecule has 1 N–H and O–H groups in total. The summed E-state index contributed by atoms with van der Waals surface area (Å²) in [6.45, 7) is 8.56. The summed E-state index contributed by atoms with van der Waals surface area (Å²) in [6, 6.07) is 14.9. The third kappa shape index (κ3) is 5.59. The summed E-state index contributed by atoms with van der Waals surface area (Å²) in [4.78, 5) is 27.2. The van der Waals surface area contributed by atoms with Gasteiger partial charge >= 0.3 is 0 Å². The average molecular weight is 383 g/mol. The van der Waals surface area contributed by atoms with Crippen molar-refractivity contribution < 1.29 is 14.3 Å². The minimum absolute atomic E-state index is 0.104. The molecule has 0 radical (unpaired) electrons. The van der Waals surface area contributed by atoms with E-state index in [9.17, 15) is 9.59 Å². The lowest BCUT2D eigenvalue weighted by Crippen LogP contribution is -2.50. The Hall–Kier alpha value is -2.82. The predicted molar refractivity (Wildman–Crippen MR) is 111 cm³/mol. The van der Waals surface area contributed by atoms with Gasteiger partial charge in [0.2, 0.25) is 5.91 Å². The zero-order valence-corrected chi connectivity index (χ0v) is 17.2. The summed E-state index contributed by atoms with van der Waals surface area (Å²) < 4.78 is 5.81. The molecule has 0 fully saturated rings. The molecule has 0 aromatic heterocycles. The second-order valence-corrected chi connectivity index (χ2v) is 6.81. The molecule has 0 unspecified atom stereocenters. The van der Waals surface area contributed by atoms with Gasteiger partial charge in [0, 0.05) is 13.1 Å². The highest BCUT2D eigenvalue weighted by Gasteiger charge is 2.28. The number of aryl methyl sites for hydroxylation is 1. The van der Waals surface area contributed by atoms with Gasteiger partial charge in [-0.2, -0.15) is 0 Å². The molecule has 0 aliphatic heterocycles. The average Bonchev–Trinajstić information content (AvgIpc) is 2.69. The monoisotopic (exact) mass is 382 g/mol. The standard InChI is InChI=1S/C23H30N2O3/c1-5-20(23(27)24-6-2)25(15-19-12-8-7-9-13-19)22(26)16-28-21-14-10-11-17(3)18(21)4/h7-14,20H,5-6,15-16H2,1-4H3,(H,24,27)/t20-/m0/s1. The Labute approximate surface area is 167 Å². The van der Waals surface area contributed by atoms with Gasteiger partial charge in [-0.25, -0.2) is 0 Å². The number of carbonyl (C=O) groups is 2. The van der Waals surface area contributed by atoms with Crippen molar-refractivity contribution in [1.29, 1.82) is 0 Å². The van der Waals surface area contributed by atoms with E-state index >= 15 is 0 Å². The quantitative estimate of drug-likeness (QED) is 0.721. The van der Waals surface area contributed by atoms with E-state index < -0.39 is 6.04 Å². The van der Waals surface area contributed by atoms with Crippen molar-refractivity contribution in [1.82, 2.24) is 10.2 Å². The second kappa shape index (κ2) is 10.5. The molecule has 2 amide bonds. The maximum absolute atomic E-state index is 13.0. The van der Waals surface area contributed by atoms with E-state index in [1.807, 2.05) is 76.2 Å². The fraction of sp³-hybridized carbons (Fsp3) is 0.391. The molecule has 2 aromatic carbocycles. The number of ether oxygens (including phenoxy) is 1. The minimum atomic E-state index is -0.533. The maximum atomic E-state index is 13.0. The van der Waals surface area contributed by atoms with E-state index in [2.05, 4.69) is 5.32 Å². The highest BCUT2D eigenvalue weighted by Crippen LogP contribution is 2.21. The van der Waals surface area contributed by atoms with Gasteiger partial charge < -0.3 is 15.0 Å². The molecular formula is C23H30N2O3. The molecule has 0 bridgehead atoms. The molecule has 5 heteroatoms. The molecule has 2 aromatic rings. The number of hydrogen-bond donors (Lipinski definition) is 1. The van der Waals surface area contributed by atoms with Crippen LogP contribution in [-0.4, -0.2) is 35.9 Å². The molecule has 0 saturated carbocycles. The fourth-order valence-electron chi connectivity index (χ4n) is 3.09. The van der Waals surface area contributed by atoms with E-state index in [1.165, 1.54) is 0 Å². The normalized spacial score (nSPS) is 11.6. The van der Waals surface area contributed by atoms with Crippen molar-refractivity contribution in [3.63, 3.8) is 0 Å². The van der Waals surface area contributed by atoms with E-state index in [4.69, 9.17) is 4.74 Å². The number of hydrogen-bond acceptors (Lipinski definition) is 3. The van der Waals surface area contributed by atoms with Crippen LogP contribution in [-0.2, 0) is 16.1 Å². The first-order chi connectivity index (χ1) is 13.5. The van der Waals surface area contributed by atoms with Crippen LogP contribution in [0.2, 0.25) is 0 Å². The molecular weight excluding hydrogens is 352 g/mol. The predicted octanol–water partition coefficient (Wildman–Crippen LogP) is 3.63. The first-order valence-corrected chi connectivity index (χ1v) is 9.78. The molecule has 1 atom stereocenters. The largest absolute Gasteiger partial charge is 0.483 e. The lowest BCUT2D eigenvalue weighted by molar-refractivity contribution is -0.142. The molecule has 2 rings (SSSR count). The number of benzene rings is 2. The van der Waals surface area contributed by atoms with Crippen LogP contribution in [0, 0.1) is 13.8 Å². The maximum Gasteiger partial charge on any atom is 0.261 e. The Morgan fingerprint density at radius 3 is 2.39 bits per heavy atom. The highest BCUT2D eigenvalue weighted by atomic mass is 16.5. The number of likely N-dealkylation sites (N-methyl/N-ethyl adjacent to an activating group) is 1. The molecule has 28 heavy (non-hydrogen) atoms. The number of rotatable bonds is 9.